The molecule has 0 bridgehead atoms. The molecule has 20 heavy (non-hydrogen) atoms. The third-order valence-corrected chi connectivity index (χ3v) is 5.41. The van der Waals surface area contributed by atoms with Crippen molar-refractivity contribution in [3.63, 3.8) is 0 Å². The van der Waals surface area contributed by atoms with E-state index < -0.39 is 0 Å². The molecule has 1 saturated carbocycles. The van der Waals surface area contributed by atoms with E-state index in [2.05, 4.69) is 19.2 Å². The molecule has 1 rings (SSSR count). The maximum Gasteiger partial charge on any atom is 0.0587 e. The molecule has 1 aliphatic carbocycles. The lowest BCUT2D eigenvalue weighted by Gasteiger charge is -2.41. The van der Waals surface area contributed by atoms with E-state index in [1.165, 1.54) is 70.8 Å². The van der Waals surface area contributed by atoms with E-state index in [0.717, 1.165) is 19.1 Å². The summed E-state index contributed by atoms with van der Waals surface area (Å²) in [5.74, 6) is 0.941. The van der Waals surface area contributed by atoms with Crippen LogP contribution in [0.2, 0.25) is 0 Å². The summed E-state index contributed by atoms with van der Waals surface area (Å²) in [5, 5.41) is 3.68. The molecule has 0 radical (unpaired) electrons. The van der Waals surface area contributed by atoms with Gasteiger partial charge in [0.2, 0.25) is 0 Å². The van der Waals surface area contributed by atoms with Crippen LogP contribution in [0.5, 0.6) is 0 Å². The van der Waals surface area contributed by atoms with Gasteiger partial charge in [0.25, 0.3) is 0 Å². The van der Waals surface area contributed by atoms with E-state index in [0.29, 0.717) is 5.41 Å². The molecule has 0 saturated heterocycles. The van der Waals surface area contributed by atoms with Gasteiger partial charge in [-0.1, -0.05) is 52.4 Å². The molecule has 0 heterocycles. The highest BCUT2D eigenvalue weighted by molar-refractivity contribution is 4.88. The Hall–Kier alpha value is -0.0800. The monoisotopic (exact) mass is 283 g/mol. The fraction of sp³-hybridized carbons (Fsp3) is 1.00. The number of hydrogen-bond donors (Lipinski definition) is 1. The van der Waals surface area contributed by atoms with Crippen molar-refractivity contribution in [2.75, 3.05) is 26.8 Å². The lowest BCUT2D eigenvalue weighted by atomic mass is 9.67. The lowest BCUT2D eigenvalue weighted by Crippen LogP contribution is -2.41. The van der Waals surface area contributed by atoms with Gasteiger partial charge in [-0.3, -0.25) is 0 Å². The first-order chi connectivity index (χ1) is 9.79. The van der Waals surface area contributed by atoms with Crippen molar-refractivity contribution >= 4 is 0 Å². The van der Waals surface area contributed by atoms with Gasteiger partial charge in [0.1, 0.15) is 0 Å². The quantitative estimate of drug-likeness (QED) is 0.460. The van der Waals surface area contributed by atoms with Crippen LogP contribution in [0.25, 0.3) is 0 Å². The Labute approximate surface area is 127 Å². The maximum atomic E-state index is 5.17. The Morgan fingerprint density at radius 1 is 1.10 bits per heavy atom. The summed E-state index contributed by atoms with van der Waals surface area (Å²) >= 11 is 0. The minimum absolute atomic E-state index is 0.536. The Kier molecular flexibility index (Phi) is 9.54. The highest BCUT2D eigenvalue weighted by Crippen LogP contribution is 2.43. The number of nitrogens with one attached hydrogen (secondary N) is 1. The number of ether oxygens (including phenoxy) is 1. The summed E-state index contributed by atoms with van der Waals surface area (Å²) in [6.07, 6.45) is 14.2. The molecule has 0 aromatic carbocycles. The van der Waals surface area contributed by atoms with Crippen LogP contribution in [0, 0.1) is 11.3 Å². The SMILES string of the molecule is CCCCC(CC)(CNCCOC)C1CCCCCC1. The third-order valence-electron chi connectivity index (χ3n) is 5.41. The Morgan fingerprint density at radius 3 is 2.35 bits per heavy atom. The van der Waals surface area contributed by atoms with E-state index in [1.54, 1.807) is 7.11 Å². The van der Waals surface area contributed by atoms with Gasteiger partial charge >= 0.3 is 0 Å². The average molecular weight is 284 g/mol. The molecule has 1 atom stereocenters. The normalized spacial score (nSPS) is 20.6. The summed E-state index contributed by atoms with van der Waals surface area (Å²) < 4.78 is 5.17. The van der Waals surface area contributed by atoms with Crippen molar-refractivity contribution in [1.82, 2.24) is 5.32 Å². The summed E-state index contributed by atoms with van der Waals surface area (Å²) in [4.78, 5) is 0. The van der Waals surface area contributed by atoms with E-state index in [1.807, 2.05) is 0 Å². The van der Waals surface area contributed by atoms with Crippen LogP contribution in [0.3, 0.4) is 0 Å². The van der Waals surface area contributed by atoms with Crippen molar-refractivity contribution < 1.29 is 4.74 Å². The molecule has 0 aromatic heterocycles. The van der Waals surface area contributed by atoms with Crippen LogP contribution in [0.15, 0.2) is 0 Å². The van der Waals surface area contributed by atoms with Crippen LogP contribution in [0.1, 0.15) is 78.1 Å². The predicted octanol–water partition coefficient (Wildman–Crippen LogP) is 4.78. The van der Waals surface area contributed by atoms with Crippen LogP contribution >= 0.6 is 0 Å². The molecule has 2 nitrogen and oxygen atoms in total. The van der Waals surface area contributed by atoms with Crippen LogP contribution in [-0.2, 0) is 4.74 Å². The van der Waals surface area contributed by atoms with Gasteiger partial charge in [0.15, 0.2) is 0 Å². The number of methoxy groups -OCH3 is 1. The third kappa shape index (κ3) is 5.73. The molecule has 120 valence electrons. The Morgan fingerprint density at radius 2 is 1.80 bits per heavy atom. The molecule has 1 N–H and O–H groups in total. The second kappa shape index (κ2) is 10.6. The molecule has 0 aromatic rings. The molecule has 0 amide bonds. The van der Waals surface area contributed by atoms with Crippen molar-refractivity contribution in [2.24, 2.45) is 11.3 Å². The predicted molar refractivity (Wildman–Crippen MR) is 88.2 cm³/mol. The standard InChI is InChI=1S/C18H37NO/c1-4-6-13-18(5-2,16-19-14-15-20-3)17-11-9-7-8-10-12-17/h17,19H,4-16H2,1-3H3. The van der Waals surface area contributed by atoms with Crippen molar-refractivity contribution in [2.45, 2.75) is 78.1 Å². The number of hydrogen-bond acceptors (Lipinski definition) is 2. The molecule has 2 heteroatoms. The minimum atomic E-state index is 0.536. The van der Waals surface area contributed by atoms with E-state index in [-0.39, 0.29) is 0 Å². The first-order valence-electron chi connectivity index (χ1n) is 8.98. The van der Waals surface area contributed by atoms with Gasteiger partial charge in [0, 0.05) is 20.2 Å². The van der Waals surface area contributed by atoms with Gasteiger partial charge in [-0.2, -0.15) is 0 Å². The summed E-state index contributed by atoms with van der Waals surface area (Å²) in [6, 6.07) is 0. The van der Waals surface area contributed by atoms with Gasteiger partial charge in [-0.05, 0) is 37.0 Å². The van der Waals surface area contributed by atoms with E-state index >= 15 is 0 Å². The van der Waals surface area contributed by atoms with Crippen LogP contribution < -0.4 is 5.32 Å². The number of unbranched alkanes of at least 4 members (excludes halogenated alkanes) is 1. The fourth-order valence-corrected chi connectivity index (χ4v) is 3.96. The van der Waals surface area contributed by atoms with Crippen LogP contribution in [-0.4, -0.2) is 26.8 Å². The molecule has 0 aliphatic heterocycles. The van der Waals surface area contributed by atoms with E-state index in [4.69, 9.17) is 4.74 Å². The summed E-state index contributed by atoms with van der Waals surface area (Å²) in [6.45, 7) is 7.76. The first kappa shape index (κ1) is 18.0. The van der Waals surface area contributed by atoms with Gasteiger partial charge in [-0.25, -0.2) is 0 Å². The van der Waals surface area contributed by atoms with Crippen LogP contribution in [0.4, 0.5) is 0 Å². The second-order valence-electron chi connectivity index (χ2n) is 6.68. The minimum Gasteiger partial charge on any atom is -0.383 e. The summed E-state index contributed by atoms with van der Waals surface area (Å²) in [5.41, 5.74) is 0.536. The zero-order valence-electron chi connectivity index (χ0n) is 14.2. The zero-order valence-corrected chi connectivity index (χ0v) is 14.2. The lowest BCUT2D eigenvalue weighted by molar-refractivity contribution is 0.107. The van der Waals surface area contributed by atoms with Gasteiger partial charge in [-0.15, -0.1) is 0 Å². The van der Waals surface area contributed by atoms with Crippen molar-refractivity contribution in [3.05, 3.63) is 0 Å². The summed E-state index contributed by atoms with van der Waals surface area (Å²) in [7, 11) is 1.79. The Bertz CT molecular complexity index is 223. The smallest absolute Gasteiger partial charge is 0.0587 e. The van der Waals surface area contributed by atoms with Crippen molar-refractivity contribution in [3.8, 4) is 0 Å². The molecular weight excluding hydrogens is 246 g/mol. The second-order valence-corrected chi connectivity index (χ2v) is 6.68. The zero-order chi connectivity index (χ0) is 14.7. The van der Waals surface area contributed by atoms with Gasteiger partial charge in [0.05, 0.1) is 6.61 Å². The maximum absolute atomic E-state index is 5.17. The van der Waals surface area contributed by atoms with Gasteiger partial charge < -0.3 is 10.1 Å². The van der Waals surface area contributed by atoms with Crippen molar-refractivity contribution in [1.29, 1.82) is 0 Å². The Balaban J connectivity index is 2.63. The highest BCUT2D eigenvalue weighted by Gasteiger charge is 2.36. The largest absolute Gasteiger partial charge is 0.383 e. The fourth-order valence-electron chi connectivity index (χ4n) is 3.96. The highest BCUT2D eigenvalue weighted by atomic mass is 16.5. The molecular formula is C18H37NO. The topological polar surface area (TPSA) is 21.3 Å². The molecule has 1 unspecified atom stereocenters. The number of rotatable bonds is 10. The molecule has 0 spiro atoms. The van der Waals surface area contributed by atoms with E-state index in [9.17, 15) is 0 Å². The molecule has 1 aliphatic rings. The first-order valence-corrected chi connectivity index (χ1v) is 8.98. The average Bonchev–Trinajstić information content (AvgIpc) is 2.77. The molecule has 1 fully saturated rings.